The molecule has 3 N–H and O–H groups in total. The molecular formula is C23H24ClFN4O. The van der Waals surface area contributed by atoms with Gasteiger partial charge in [0.25, 0.3) is 5.91 Å². The highest BCUT2D eigenvalue weighted by Gasteiger charge is 2.23. The van der Waals surface area contributed by atoms with E-state index in [9.17, 15) is 9.18 Å². The molecule has 1 saturated carbocycles. The highest BCUT2D eigenvalue weighted by molar-refractivity contribution is 6.31. The number of H-pyrrole nitrogens is 1. The van der Waals surface area contributed by atoms with Gasteiger partial charge >= 0.3 is 0 Å². The second-order valence-corrected chi connectivity index (χ2v) is 8.12. The summed E-state index contributed by atoms with van der Waals surface area (Å²) in [5, 5.41) is 6.79. The number of nitrogens with zero attached hydrogens (tertiary/aromatic N) is 1. The van der Waals surface area contributed by atoms with Crippen molar-refractivity contribution in [1.29, 1.82) is 0 Å². The van der Waals surface area contributed by atoms with Crippen molar-refractivity contribution in [2.75, 3.05) is 0 Å². The second-order valence-electron chi connectivity index (χ2n) is 7.68. The monoisotopic (exact) mass is 426 g/mol. The molecule has 5 nitrogen and oxygen atoms in total. The molecule has 4 rings (SSSR count). The number of carbonyl (C=O) groups excluding carboxylic acids is 1. The predicted molar refractivity (Wildman–Crippen MR) is 116 cm³/mol. The lowest BCUT2D eigenvalue weighted by atomic mass is 9.91. The van der Waals surface area contributed by atoms with Crippen LogP contribution in [-0.4, -0.2) is 28.0 Å². The summed E-state index contributed by atoms with van der Waals surface area (Å²) >= 11 is 5.84. The van der Waals surface area contributed by atoms with Crippen molar-refractivity contribution in [3.05, 3.63) is 76.8 Å². The molecule has 0 radical (unpaired) electrons. The number of hydrogen-bond donors (Lipinski definition) is 3. The zero-order valence-corrected chi connectivity index (χ0v) is 17.3. The van der Waals surface area contributed by atoms with Crippen molar-refractivity contribution in [2.24, 2.45) is 0 Å². The van der Waals surface area contributed by atoms with Crippen LogP contribution in [0.5, 0.6) is 0 Å². The van der Waals surface area contributed by atoms with E-state index in [2.05, 4.69) is 20.6 Å². The summed E-state index contributed by atoms with van der Waals surface area (Å²) in [6.45, 7) is 0.726. The first-order chi connectivity index (χ1) is 14.6. The normalized spacial score (nSPS) is 18.9. The van der Waals surface area contributed by atoms with Crippen LogP contribution in [0.4, 0.5) is 4.39 Å². The average molecular weight is 427 g/mol. The van der Waals surface area contributed by atoms with Gasteiger partial charge in [-0.25, -0.2) is 9.37 Å². The molecule has 1 fully saturated rings. The number of amides is 1. The lowest BCUT2D eigenvalue weighted by Gasteiger charge is -2.29. The van der Waals surface area contributed by atoms with E-state index in [1.165, 1.54) is 18.2 Å². The Morgan fingerprint density at radius 3 is 2.57 bits per heavy atom. The fourth-order valence-electron chi connectivity index (χ4n) is 3.84. The van der Waals surface area contributed by atoms with E-state index in [0.29, 0.717) is 6.04 Å². The van der Waals surface area contributed by atoms with Gasteiger partial charge in [0.2, 0.25) is 0 Å². The molecule has 1 heterocycles. The third-order valence-corrected chi connectivity index (χ3v) is 5.66. The molecule has 0 unspecified atom stereocenters. The zero-order valence-electron chi connectivity index (χ0n) is 16.5. The molecule has 0 saturated heterocycles. The molecule has 156 valence electrons. The number of nitrogens with one attached hydrogen (secondary N) is 3. The molecule has 1 amide bonds. The minimum atomic E-state index is -0.505. The van der Waals surface area contributed by atoms with Crippen molar-refractivity contribution in [3.8, 4) is 11.4 Å². The number of carbonyl (C=O) groups is 1. The first kappa shape index (κ1) is 20.6. The standard InChI is InChI=1S/C23H24ClFN4O/c24-17-10-16(11-18(25)12-17)23(30)29-20-8-6-19(7-9-20)26-13-21-14-27-22(28-21)15-4-2-1-3-5-15/h1-5,10-12,14,19-20,26H,6-9,13H2,(H,27,28)(H,29,30). The van der Waals surface area contributed by atoms with E-state index >= 15 is 0 Å². The van der Waals surface area contributed by atoms with Crippen molar-refractivity contribution >= 4 is 17.5 Å². The van der Waals surface area contributed by atoms with Gasteiger partial charge in [-0.1, -0.05) is 41.9 Å². The molecule has 2 aromatic carbocycles. The van der Waals surface area contributed by atoms with Crippen LogP contribution in [0.1, 0.15) is 41.7 Å². The number of aromatic nitrogens is 2. The molecule has 0 spiro atoms. The summed E-state index contributed by atoms with van der Waals surface area (Å²) in [5.74, 6) is 0.0877. The van der Waals surface area contributed by atoms with Crippen LogP contribution >= 0.6 is 11.6 Å². The first-order valence-electron chi connectivity index (χ1n) is 10.2. The van der Waals surface area contributed by atoms with Crippen LogP contribution in [0.3, 0.4) is 0 Å². The fraction of sp³-hybridized carbons (Fsp3) is 0.304. The molecule has 1 aromatic heterocycles. The van der Waals surface area contributed by atoms with Crippen molar-refractivity contribution in [2.45, 2.75) is 44.3 Å². The highest BCUT2D eigenvalue weighted by Crippen LogP contribution is 2.21. The maximum atomic E-state index is 13.5. The van der Waals surface area contributed by atoms with Crippen LogP contribution in [0.25, 0.3) is 11.4 Å². The molecule has 3 aromatic rings. The number of imidazole rings is 1. The molecule has 0 bridgehead atoms. The first-order valence-corrected chi connectivity index (χ1v) is 10.5. The van der Waals surface area contributed by atoms with Gasteiger partial charge in [-0.15, -0.1) is 0 Å². The Kier molecular flexibility index (Phi) is 6.45. The lowest BCUT2D eigenvalue weighted by Crippen LogP contribution is -2.42. The van der Waals surface area contributed by atoms with Gasteiger partial charge in [0, 0.05) is 46.7 Å². The maximum Gasteiger partial charge on any atom is 0.251 e. The Morgan fingerprint density at radius 1 is 1.10 bits per heavy atom. The Bertz CT molecular complexity index is 979. The lowest BCUT2D eigenvalue weighted by molar-refractivity contribution is 0.0923. The second kappa shape index (κ2) is 9.41. The minimum absolute atomic E-state index is 0.0921. The third-order valence-electron chi connectivity index (χ3n) is 5.44. The summed E-state index contributed by atoms with van der Waals surface area (Å²) in [6.07, 6.45) is 5.56. The molecule has 30 heavy (non-hydrogen) atoms. The van der Waals surface area contributed by atoms with Gasteiger partial charge in [-0.2, -0.15) is 0 Å². The van der Waals surface area contributed by atoms with E-state index in [-0.39, 0.29) is 22.5 Å². The zero-order chi connectivity index (χ0) is 20.9. The molecule has 1 aliphatic rings. The summed E-state index contributed by atoms with van der Waals surface area (Å²) in [7, 11) is 0. The third kappa shape index (κ3) is 5.26. The number of hydrogen-bond acceptors (Lipinski definition) is 3. The van der Waals surface area contributed by atoms with Crippen LogP contribution in [0.2, 0.25) is 5.02 Å². The quantitative estimate of drug-likeness (QED) is 0.535. The van der Waals surface area contributed by atoms with Crippen LogP contribution in [-0.2, 0) is 6.54 Å². The smallest absolute Gasteiger partial charge is 0.251 e. The maximum absolute atomic E-state index is 13.5. The summed E-state index contributed by atoms with van der Waals surface area (Å²) < 4.78 is 13.5. The Labute approximate surface area is 180 Å². The Morgan fingerprint density at radius 2 is 1.83 bits per heavy atom. The topological polar surface area (TPSA) is 69.8 Å². The SMILES string of the molecule is O=C(NC1CCC(NCc2cnc(-c3ccccc3)[nH]2)CC1)c1cc(F)cc(Cl)c1. The number of rotatable bonds is 6. The van der Waals surface area contributed by atoms with E-state index in [1.807, 2.05) is 36.5 Å². The van der Waals surface area contributed by atoms with E-state index in [1.54, 1.807) is 0 Å². The van der Waals surface area contributed by atoms with Gasteiger partial charge < -0.3 is 15.6 Å². The van der Waals surface area contributed by atoms with Crippen LogP contribution < -0.4 is 10.6 Å². The Hall–Kier alpha value is -2.70. The predicted octanol–water partition coefficient (Wildman–Crippen LogP) is 4.70. The van der Waals surface area contributed by atoms with Gasteiger partial charge in [-0.05, 0) is 43.9 Å². The fourth-order valence-corrected chi connectivity index (χ4v) is 4.06. The minimum Gasteiger partial charge on any atom is -0.349 e. The molecular weight excluding hydrogens is 403 g/mol. The average Bonchev–Trinajstić information content (AvgIpc) is 3.22. The van der Waals surface area contributed by atoms with E-state index < -0.39 is 5.82 Å². The van der Waals surface area contributed by atoms with Gasteiger partial charge in [0.15, 0.2) is 0 Å². The molecule has 0 aliphatic heterocycles. The largest absolute Gasteiger partial charge is 0.349 e. The molecule has 0 atom stereocenters. The highest BCUT2D eigenvalue weighted by atomic mass is 35.5. The number of aromatic amines is 1. The van der Waals surface area contributed by atoms with Crippen LogP contribution in [0.15, 0.2) is 54.7 Å². The van der Waals surface area contributed by atoms with Crippen molar-refractivity contribution < 1.29 is 9.18 Å². The Balaban J connectivity index is 1.23. The van der Waals surface area contributed by atoms with Gasteiger partial charge in [-0.3, -0.25) is 4.79 Å². The molecule has 1 aliphatic carbocycles. The van der Waals surface area contributed by atoms with Crippen molar-refractivity contribution in [3.63, 3.8) is 0 Å². The molecule has 7 heteroatoms. The summed E-state index contributed by atoms with van der Waals surface area (Å²) in [5.41, 5.74) is 2.38. The van der Waals surface area contributed by atoms with Crippen LogP contribution in [0, 0.1) is 5.82 Å². The number of halogens is 2. The van der Waals surface area contributed by atoms with Gasteiger partial charge in [0.05, 0.1) is 0 Å². The summed E-state index contributed by atoms with van der Waals surface area (Å²) in [4.78, 5) is 20.2. The van der Waals surface area contributed by atoms with E-state index in [0.717, 1.165) is 49.3 Å². The van der Waals surface area contributed by atoms with Gasteiger partial charge in [0.1, 0.15) is 11.6 Å². The number of benzene rings is 2. The summed E-state index contributed by atoms with van der Waals surface area (Å²) in [6, 6.07) is 14.4. The van der Waals surface area contributed by atoms with E-state index in [4.69, 9.17) is 11.6 Å². The van der Waals surface area contributed by atoms with Crippen molar-refractivity contribution in [1.82, 2.24) is 20.6 Å².